The fourth-order valence-corrected chi connectivity index (χ4v) is 0.988. The third-order valence-electron chi connectivity index (χ3n) is 1.75. The Morgan fingerprint density at radius 2 is 2.43 bits per heavy atom. The highest BCUT2D eigenvalue weighted by Crippen LogP contribution is 2.08. The average molecular weight is 198 g/mol. The van der Waals surface area contributed by atoms with Gasteiger partial charge in [0.15, 0.2) is 0 Å². The molecule has 0 aliphatic rings. The van der Waals surface area contributed by atoms with E-state index >= 15 is 0 Å². The summed E-state index contributed by atoms with van der Waals surface area (Å²) in [5, 5.41) is 11.1. The second-order valence-corrected chi connectivity index (χ2v) is 2.90. The highest BCUT2D eigenvalue weighted by molar-refractivity contribution is 5.69. The third-order valence-corrected chi connectivity index (χ3v) is 1.75. The number of aromatic nitrogens is 1. The predicted octanol–water partition coefficient (Wildman–Crippen LogP) is 0.956. The van der Waals surface area contributed by atoms with E-state index in [0.29, 0.717) is 5.69 Å². The largest absolute Gasteiger partial charge is 0.480 e. The van der Waals surface area contributed by atoms with Crippen LogP contribution < -0.4 is 5.32 Å². The van der Waals surface area contributed by atoms with Crippen molar-refractivity contribution in [3.05, 3.63) is 29.8 Å². The first-order valence-corrected chi connectivity index (χ1v) is 4.16. The van der Waals surface area contributed by atoms with Gasteiger partial charge in [0.2, 0.25) is 0 Å². The van der Waals surface area contributed by atoms with Crippen LogP contribution in [0.15, 0.2) is 18.3 Å². The molecule has 0 aliphatic heterocycles. The Labute approximate surface area is 80.8 Å². The molecule has 0 aliphatic carbocycles. The fraction of sp³-hybridized carbons (Fsp3) is 0.333. The van der Waals surface area contributed by atoms with E-state index in [9.17, 15) is 9.18 Å². The first-order valence-electron chi connectivity index (χ1n) is 4.16. The first-order chi connectivity index (χ1) is 6.59. The number of rotatable bonds is 4. The molecule has 0 bridgehead atoms. The van der Waals surface area contributed by atoms with Gasteiger partial charge in [-0.25, -0.2) is 4.39 Å². The molecular formula is C9H11FN2O2. The lowest BCUT2D eigenvalue weighted by molar-refractivity contribution is -0.136. The number of hydrogen-bond acceptors (Lipinski definition) is 3. The van der Waals surface area contributed by atoms with Crippen LogP contribution in [0.25, 0.3) is 0 Å². The Hall–Kier alpha value is -1.49. The quantitative estimate of drug-likeness (QED) is 0.756. The summed E-state index contributed by atoms with van der Waals surface area (Å²) in [6, 6.07) is 2.61. The van der Waals surface area contributed by atoms with Crippen LogP contribution in [-0.4, -0.2) is 22.6 Å². The zero-order chi connectivity index (χ0) is 10.6. The normalized spacial score (nSPS) is 12.4. The molecule has 1 atom stereocenters. The molecule has 0 amide bonds. The monoisotopic (exact) mass is 198 g/mol. The molecule has 0 fully saturated rings. The molecule has 4 nitrogen and oxygen atoms in total. The summed E-state index contributed by atoms with van der Waals surface area (Å²) in [4.78, 5) is 14.1. The number of aliphatic carboxylic acids is 1. The minimum atomic E-state index is -0.932. The highest BCUT2D eigenvalue weighted by Gasteiger charge is 2.07. The fourth-order valence-electron chi connectivity index (χ4n) is 0.988. The topological polar surface area (TPSA) is 62.2 Å². The number of carboxylic acids is 1. The maximum absolute atomic E-state index is 12.5. The first kappa shape index (κ1) is 10.6. The lowest BCUT2D eigenvalue weighted by Gasteiger charge is -2.10. The zero-order valence-electron chi connectivity index (χ0n) is 7.70. The second kappa shape index (κ2) is 4.66. The van der Waals surface area contributed by atoms with Crippen molar-refractivity contribution in [3.8, 4) is 0 Å². The van der Waals surface area contributed by atoms with Crippen molar-refractivity contribution >= 4 is 5.97 Å². The van der Waals surface area contributed by atoms with Gasteiger partial charge in [-0.15, -0.1) is 0 Å². The minimum Gasteiger partial charge on any atom is -0.480 e. The molecule has 0 spiro atoms. The van der Waals surface area contributed by atoms with Gasteiger partial charge in [-0.2, -0.15) is 0 Å². The molecule has 1 aromatic heterocycles. The van der Waals surface area contributed by atoms with Gasteiger partial charge in [0.1, 0.15) is 5.82 Å². The van der Waals surface area contributed by atoms with Crippen LogP contribution in [-0.2, 0) is 4.79 Å². The Balaban J connectivity index is 2.56. The van der Waals surface area contributed by atoms with Gasteiger partial charge in [-0.05, 0) is 19.1 Å². The van der Waals surface area contributed by atoms with E-state index in [-0.39, 0.29) is 12.6 Å². The third kappa shape index (κ3) is 3.10. The summed E-state index contributed by atoms with van der Waals surface area (Å²) in [6.45, 7) is 1.63. The average Bonchev–Trinajstić information content (AvgIpc) is 2.15. The molecule has 1 rings (SSSR count). The van der Waals surface area contributed by atoms with Crippen molar-refractivity contribution in [2.45, 2.75) is 13.0 Å². The molecule has 0 radical (unpaired) electrons. The van der Waals surface area contributed by atoms with E-state index in [0.717, 1.165) is 6.20 Å². The Kier molecular flexibility index (Phi) is 3.53. The van der Waals surface area contributed by atoms with Crippen molar-refractivity contribution in [3.63, 3.8) is 0 Å². The maximum atomic E-state index is 12.5. The summed E-state index contributed by atoms with van der Waals surface area (Å²) in [6.07, 6.45) is 1.11. The number of hydrogen-bond donors (Lipinski definition) is 2. The number of carboxylic acid groups (broad SMARTS) is 1. The molecule has 5 heteroatoms. The van der Waals surface area contributed by atoms with E-state index in [1.165, 1.54) is 12.1 Å². The maximum Gasteiger partial charge on any atom is 0.317 e. The summed E-state index contributed by atoms with van der Waals surface area (Å²) in [5.74, 6) is -1.34. The van der Waals surface area contributed by atoms with Gasteiger partial charge >= 0.3 is 5.97 Å². The summed E-state index contributed by atoms with van der Waals surface area (Å²) >= 11 is 0. The van der Waals surface area contributed by atoms with Gasteiger partial charge in [-0.3, -0.25) is 15.1 Å². The van der Waals surface area contributed by atoms with Gasteiger partial charge < -0.3 is 5.11 Å². The number of carbonyl (C=O) groups is 1. The van der Waals surface area contributed by atoms with Gasteiger partial charge in [0.05, 0.1) is 18.4 Å². The predicted molar refractivity (Wildman–Crippen MR) is 48.2 cm³/mol. The lowest BCUT2D eigenvalue weighted by atomic mass is 10.2. The van der Waals surface area contributed by atoms with E-state index in [1.807, 2.05) is 0 Å². The van der Waals surface area contributed by atoms with E-state index in [1.54, 1.807) is 6.92 Å². The molecule has 0 aromatic carbocycles. The van der Waals surface area contributed by atoms with Gasteiger partial charge in [0, 0.05) is 6.04 Å². The van der Waals surface area contributed by atoms with E-state index in [4.69, 9.17) is 5.11 Å². The van der Waals surface area contributed by atoms with E-state index in [2.05, 4.69) is 10.3 Å². The van der Waals surface area contributed by atoms with Crippen LogP contribution in [0.4, 0.5) is 4.39 Å². The molecule has 1 aromatic rings. The van der Waals surface area contributed by atoms with Crippen molar-refractivity contribution in [1.82, 2.24) is 10.3 Å². The zero-order valence-corrected chi connectivity index (χ0v) is 7.70. The van der Waals surface area contributed by atoms with Gasteiger partial charge in [0.25, 0.3) is 0 Å². The molecule has 1 unspecified atom stereocenters. The summed E-state index contributed by atoms with van der Waals surface area (Å²) in [7, 11) is 0. The molecule has 0 saturated carbocycles. The Morgan fingerprint density at radius 1 is 1.71 bits per heavy atom. The van der Waals surface area contributed by atoms with Crippen LogP contribution in [0.5, 0.6) is 0 Å². The molecule has 0 saturated heterocycles. The molecular weight excluding hydrogens is 187 g/mol. The van der Waals surface area contributed by atoms with Crippen LogP contribution in [0, 0.1) is 5.82 Å². The number of halogens is 1. The van der Waals surface area contributed by atoms with Crippen LogP contribution in [0.3, 0.4) is 0 Å². The summed E-state index contributed by atoms with van der Waals surface area (Å²) < 4.78 is 12.5. The summed E-state index contributed by atoms with van der Waals surface area (Å²) in [5.41, 5.74) is 0.618. The van der Waals surface area contributed by atoms with Crippen molar-refractivity contribution in [2.75, 3.05) is 6.54 Å². The lowest BCUT2D eigenvalue weighted by Crippen LogP contribution is -2.26. The smallest absolute Gasteiger partial charge is 0.317 e. The SMILES string of the molecule is CC(NCC(=O)O)c1ccc(F)cn1. The second-order valence-electron chi connectivity index (χ2n) is 2.90. The molecule has 1 heterocycles. The number of nitrogens with zero attached hydrogens (tertiary/aromatic N) is 1. The van der Waals surface area contributed by atoms with E-state index < -0.39 is 11.8 Å². The van der Waals surface area contributed by atoms with Crippen molar-refractivity contribution in [2.24, 2.45) is 0 Å². The number of pyridine rings is 1. The number of nitrogens with one attached hydrogen (secondary N) is 1. The molecule has 76 valence electrons. The van der Waals surface area contributed by atoms with Crippen LogP contribution in [0.2, 0.25) is 0 Å². The van der Waals surface area contributed by atoms with Gasteiger partial charge in [-0.1, -0.05) is 0 Å². The highest BCUT2D eigenvalue weighted by atomic mass is 19.1. The Morgan fingerprint density at radius 3 is 2.93 bits per heavy atom. The molecule has 2 N–H and O–H groups in total. The van der Waals surface area contributed by atoms with Crippen LogP contribution >= 0.6 is 0 Å². The molecule has 14 heavy (non-hydrogen) atoms. The standard InChI is InChI=1S/C9H11FN2O2/c1-6(11-5-9(13)14)8-3-2-7(10)4-12-8/h2-4,6,11H,5H2,1H3,(H,13,14). The minimum absolute atomic E-state index is 0.139. The van der Waals surface area contributed by atoms with Crippen LogP contribution in [0.1, 0.15) is 18.7 Å². The van der Waals surface area contributed by atoms with Crippen molar-refractivity contribution < 1.29 is 14.3 Å². The van der Waals surface area contributed by atoms with Crippen molar-refractivity contribution in [1.29, 1.82) is 0 Å². The Bertz CT molecular complexity index is 313.